The number of aliphatic hydroxyl groups excluding tert-OH is 1. The summed E-state index contributed by atoms with van der Waals surface area (Å²) in [6.07, 6.45) is 3.79. The number of hydrogen-bond donors (Lipinski definition) is 1. The third-order valence-corrected chi connectivity index (χ3v) is 9.83. The lowest BCUT2D eigenvalue weighted by Gasteiger charge is -2.39. The fourth-order valence-electron chi connectivity index (χ4n) is 7.85. The van der Waals surface area contributed by atoms with Crippen LogP contribution < -0.4 is 9.80 Å². The van der Waals surface area contributed by atoms with Crippen molar-refractivity contribution in [2.75, 3.05) is 29.5 Å². The number of likely N-dealkylation sites (tertiary alicyclic amines) is 1. The number of benzene rings is 3. The molecule has 8 nitrogen and oxygen atoms in total. The second-order valence-electron chi connectivity index (χ2n) is 12.5. The van der Waals surface area contributed by atoms with Crippen LogP contribution in [0, 0.1) is 25.7 Å². The van der Waals surface area contributed by atoms with Gasteiger partial charge in [0.2, 0.25) is 11.8 Å². The molecule has 1 N–H and O–H groups in total. The maximum Gasteiger partial charge on any atom is 0.253 e. The lowest BCUT2D eigenvalue weighted by Crippen LogP contribution is -2.57. The van der Waals surface area contributed by atoms with Gasteiger partial charge in [-0.15, -0.1) is 13.2 Å². The molecule has 3 fully saturated rings. The predicted molar refractivity (Wildman–Crippen MR) is 178 cm³/mol. The maximum atomic E-state index is 15.1. The number of carbonyl (C=O) groups is 3. The van der Waals surface area contributed by atoms with Crippen molar-refractivity contribution in [2.45, 2.75) is 50.5 Å². The molecule has 3 amide bonds. The van der Waals surface area contributed by atoms with E-state index in [-0.39, 0.29) is 30.8 Å². The molecule has 0 aromatic heterocycles. The number of rotatable bonds is 11. The lowest BCUT2D eigenvalue weighted by molar-refractivity contribution is -0.144. The van der Waals surface area contributed by atoms with Crippen molar-refractivity contribution < 1.29 is 24.2 Å². The van der Waals surface area contributed by atoms with Crippen LogP contribution in [0.4, 0.5) is 11.4 Å². The Labute approximate surface area is 270 Å². The second kappa shape index (κ2) is 12.7. The Balaban J connectivity index is 1.49. The van der Waals surface area contributed by atoms with Gasteiger partial charge in [-0.3, -0.25) is 14.4 Å². The zero-order chi connectivity index (χ0) is 32.6. The number of aryl methyl sites for hydroxylation is 2. The molecule has 3 aliphatic heterocycles. The number of fused-ring (bicyclic) bond motifs is 1. The summed E-state index contributed by atoms with van der Waals surface area (Å²) in [7, 11) is 0. The van der Waals surface area contributed by atoms with E-state index in [1.54, 1.807) is 22.0 Å². The molecule has 0 radical (unpaired) electrons. The first-order valence-electron chi connectivity index (χ1n) is 15.9. The van der Waals surface area contributed by atoms with Crippen LogP contribution in [-0.2, 0) is 19.1 Å². The van der Waals surface area contributed by atoms with Gasteiger partial charge in [0, 0.05) is 24.5 Å². The van der Waals surface area contributed by atoms with E-state index in [0.29, 0.717) is 24.1 Å². The molecule has 8 heteroatoms. The zero-order valence-corrected chi connectivity index (χ0v) is 26.4. The Morgan fingerprint density at radius 1 is 0.978 bits per heavy atom. The number of hydrogen-bond acceptors (Lipinski definition) is 5. The van der Waals surface area contributed by atoms with Gasteiger partial charge in [0.1, 0.15) is 11.6 Å². The molecule has 3 aromatic rings. The number of anilines is 2. The first-order chi connectivity index (χ1) is 22.3. The molecule has 1 spiro atoms. The Kier molecular flexibility index (Phi) is 8.68. The van der Waals surface area contributed by atoms with Crippen molar-refractivity contribution in [1.82, 2.24) is 4.90 Å². The molecule has 0 aliphatic carbocycles. The highest BCUT2D eigenvalue weighted by atomic mass is 16.5. The van der Waals surface area contributed by atoms with Gasteiger partial charge in [0.05, 0.1) is 30.6 Å². The molecule has 238 valence electrons. The summed E-state index contributed by atoms with van der Waals surface area (Å²) in [6.45, 7) is 11.8. The van der Waals surface area contributed by atoms with Gasteiger partial charge in [0.15, 0.2) is 0 Å². The van der Waals surface area contributed by atoms with Gasteiger partial charge in [0.25, 0.3) is 5.91 Å². The van der Waals surface area contributed by atoms with Crippen LogP contribution in [0.5, 0.6) is 0 Å². The monoisotopic (exact) mass is 619 g/mol. The molecular weight excluding hydrogens is 578 g/mol. The minimum Gasteiger partial charge on any atom is -0.394 e. The minimum absolute atomic E-state index is 0.213. The molecule has 3 aromatic carbocycles. The van der Waals surface area contributed by atoms with Crippen molar-refractivity contribution in [2.24, 2.45) is 11.8 Å². The highest BCUT2D eigenvalue weighted by Gasteiger charge is 2.75. The first-order valence-corrected chi connectivity index (χ1v) is 15.9. The van der Waals surface area contributed by atoms with E-state index in [2.05, 4.69) is 13.2 Å². The van der Waals surface area contributed by atoms with Crippen LogP contribution in [0.15, 0.2) is 104 Å². The zero-order valence-electron chi connectivity index (χ0n) is 26.4. The number of ether oxygens (including phenoxy) is 1. The smallest absolute Gasteiger partial charge is 0.253 e. The predicted octanol–water partition coefficient (Wildman–Crippen LogP) is 5.15. The van der Waals surface area contributed by atoms with Crippen molar-refractivity contribution in [1.29, 1.82) is 0 Å². The molecule has 3 aliphatic rings. The van der Waals surface area contributed by atoms with Crippen molar-refractivity contribution in [3.8, 4) is 0 Å². The highest BCUT2D eigenvalue weighted by molar-refractivity contribution is 6.07. The van der Waals surface area contributed by atoms with Gasteiger partial charge in [-0.2, -0.15) is 0 Å². The molecule has 0 saturated carbocycles. The number of nitrogens with zero attached hydrogens (tertiary/aromatic N) is 3. The molecule has 3 saturated heterocycles. The minimum atomic E-state index is -1.24. The molecule has 3 heterocycles. The van der Waals surface area contributed by atoms with E-state index in [1.807, 2.05) is 92.7 Å². The van der Waals surface area contributed by atoms with Gasteiger partial charge in [-0.05, 0) is 61.6 Å². The Hall–Kier alpha value is -4.53. The molecule has 6 atom stereocenters. The average molecular weight is 620 g/mol. The number of amides is 3. The molecule has 46 heavy (non-hydrogen) atoms. The fourth-order valence-corrected chi connectivity index (χ4v) is 7.85. The van der Waals surface area contributed by atoms with Gasteiger partial charge in [-0.1, -0.05) is 72.8 Å². The summed E-state index contributed by atoms with van der Waals surface area (Å²) in [5, 5.41) is 10.8. The van der Waals surface area contributed by atoms with Crippen LogP contribution in [0.3, 0.4) is 0 Å². The van der Waals surface area contributed by atoms with Crippen molar-refractivity contribution >= 4 is 29.1 Å². The van der Waals surface area contributed by atoms with Crippen LogP contribution in [0.2, 0.25) is 0 Å². The van der Waals surface area contributed by atoms with Crippen molar-refractivity contribution in [3.63, 3.8) is 0 Å². The summed E-state index contributed by atoms with van der Waals surface area (Å²) in [5.74, 6) is -2.61. The van der Waals surface area contributed by atoms with E-state index in [0.717, 1.165) is 16.8 Å². The third kappa shape index (κ3) is 5.06. The third-order valence-electron chi connectivity index (χ3n) is 9.83. The van der Waals surface area contributed by atoms with Gasteiger partial charge < -0.3 is 24.5 Å². The second-order valence-corrected chi connectivity index (χ2v) is 12.5. The number of aliphatic hydroxyl groups is 1. The Bertz CT molecular complexity index is 1640. The Morgan fingerprint density at radius 3 is 2.28 bits per heavy atom. The van der Waals surface area contributed by atoms with Crippen LogP contribution in [0.25, 0.3) is 0 Å². The van der Waals surface area contributed by atoms with Crippen molar-refractivity contribution in [3.05, 3.63) is 121 Å². The summed E-state index contributed by atoms with van der Waals surface area (Å²) in [5.41, 5.74) is 2.77. The van der Waals surface area contributed by atoms with Gasteiger partial charge >= 0.3 is 0 Å². The van der Waals surface area contributed by atoms with E-state index in [9.17, 15) is 14.7 Å². The quantitative estimate of drug-likeness (QED) is 0.300. The van der Waals surface area contributed by atoms with Crippen LogP contribution >= 0.6 is 0 Å². The number of para-hydroxylation sites is 1. The average Bonchev–Trinajstić information content (AvgIpc) is 3.72. The largest absolute Gasteiger partial charge is 0.394 e. The lowest BCUT2D eigenvalue weighted by atomic mass is 9.70. The molecule has 2 bridgehead atoms. The standard InChI is InChI=1S/C38H41N3O5/c1-5-21-39(28-15-11-8-12-16-28)35(43)32-31-19-20-38(46-31)33(32)36(44)41(30(24-42)27-13-9-7-10-14-27)34(38)37(45)40(22-6-2)29-23-25(3)17-18-26(29)4/h5-18,23,30-34,42H,1-2,19-22,24H2,3-4H3/t30-,31+,32-,33+,34?,38?/m1/s1. The topological polar surface area (TPSA) is 90.4 Å². The summed E-state index contributed by atoms with van der Waals surface area (Å²) >= 11 is 0. The normalized spacial score (nSPS) is 25.2. The maximum absolute atomic E-state index is 15.1. The molecule has 6 rings (SSSR count). The summed E-state index contributed by atoms with van der Waals surface area (Å²) < 4.78 is 6.77. The van der Waals surface area contributed by atoms with E-state index < -0.39 is 42.2 Å². The van der Waals surface area contributed by atoms with E-state index in [4.69, 9.17) is 4.74 Å². The first kappa shape index (κ1) is 31.5. The molecular formula is C38H41N3O5. The molecule has 2 unspecified atom stereocenters. The summed E-state index contributed by atoms with van der Waals surface area (Å²) in [4.78, 5) is 49.3. The van der Waals surface area contributed by atoms with Crippen LogP contribution in [0.1, 0.15) is 35.6 Å². The Morgan fingerprint density at radius 2 is 1.63 bits per heavy atom. The van der Waals surface area contributed by atoms with E-state index >= 15 is 4.79 Å². The highest BCUT2D eigenvalue weighted by Crippen LogP contribution is 2.60. The van der Waals surface area contributed by atoms with E-state index in [1.165, 1.54) is 4.90 Å². The SMILES string of the molecule is C=CCN(C(=O)[C@@H]1[C@@H]2CCC3(O2)C(C(=O)N(CC=C)c2cc(C)ccc2C)N([C@H](CO)c2ccccc2)C(=O)[C@H]13)c1ccccc1. The van der Waals surface area contributed by atoms with Gasteiger partial charge in [-0.25, -0.2) is 0 Å². The van der Waals surface area contributed by atoms with Crippen LogP contribution in [-0.4, -0.2) is 65.2 Å². The fraction of sp³-hybridized carbons (Fsp3) is 0.342. The number of carbonyl (C=O) groups excluding carboxylic acids is 3. The summed E-state index contributed by atoms with van der Waals surface area (Å²) in [6, 6.07) is 22.6.